The number of hydrogen-bond donors (Lipinski definition) is 2. The predicted molar refractivity (Wildman–Crippen MR) is 107 cm³/mol. The maximum Gasteiger partial charge on any atom is 0.230 e. The van der Waals surface area contributed by atoms with Crippen LogP contribution in [0.4, 0.5) is 11.5 Å². The Morgan fingerprint density at radius 2 is 2.07 bits per heavy atom. The highest BCUT2D eigenvalue weighted by Gasteiger charge is 2.43. The Bertz CT molecular complexity index is 1200. The van der Waals surface area contributed by atoms with Gasteiger partial charge >= 0.3 is 0 Å². The molecule has 0 bridgehead atoms. The number of rotatable bonds is 3. The molecule has 2 aromatic carbocycles. The molecule has 0 saturated heterocycles. The van der Waals surface area contributed by atoms with Crippen LogP contribution < -0.4 is 11.1 Å². The summed E-state index contributed by atoms with van der Waals surface area (Å²) in [6, 6.07) is 15.5. The van der Waals surface area contributed by atoms with Gasteiger partial charge in [0, 0.05) is 17.3 Å². The van der Waals surface area contributed by atoms with E-state index in [0.29, 0.717) is 23.5 Å². The molecule has 136 valence electrons. The summed E-state index contributed by atoms with van der Waals surface area (Å²) < 4.78 is 0. The first-order valence-corrected chi connectivity index (χ1v) is 8.91. The molecular weight excluding hydrogens is 350 g/mol. The van der Waals surface area contributed by atoms with E-state index in [1.807, 2.05) is 31.2 Å². The first-order chi connectivity index (χ1) is 13.5. The Kier molecular flexibility index (Phi) is 4.18. The first-order valence-electron chi connectivity index (χ1n) is 8.91. The first kappa shape index (κ1) is 17.5. The number of carbonyl (C=O) groups is 1. The van der Waals surface area contributed by atoms with Crippen LogP contribution in [0.25, 0.3) is 21.9 Å². The number of nitrogens with one attached hydrogen (secondary N) is 1. The number of pyridine rings is 1. The number of anilines is 2. The summed E-state index contributed by atoms with van der Waals surface area (Å²) in [5.74, 6) is -0.179. The number of carbonyl (C=O) groups excluding carboxylic acids is 1. The van der Waals surface area contributed by atoms with Gasteiger partial charge in [-0.2, -0.15) is 10.5 Å². The Labute approximate surface area is 162 Å². The van der Waals surface area contributed by atoms with Gasteiger partial charge in [-0.05, 0) is 65.8 Å². The number of nitrogens with two attached hydrogens (primary N) is 1. The molecule has 0 aliphatic heterocycles. The molecule has 6 heteroatoms. The smallest absolute Gasteiger partial charge is 0.230 e. The van der Waals surface area contributed by atoms with E-state index in [1.54, 1.807) is 18.3 Å². The van der Waals surface area contributed by atoms with Crippen molar-refractivity contribution in [2.75, 3.05) is 11.1 Å². The molecule has 0 radical (unpaired) electrons. The van der Waals surface area contributed by atoms with Crippen molar-refractivity contribution < 1.29 is 4.79 Å². The second kappa shape index (κ2) is 6.68. The molecule has 28 heavy (non-hydrogen) atoms. The molecule has 1 saturated carbocycles. The second-order valence-electron chi connectivity index (χ2n) is 7.06. The largest absolute Gasteiger partial charge is 0.398 e. The molecule has 1 aromatic heterocycles. The number of benzene rings is 2. The van der Waals surface area contributed by atoms with Crippen LogP contribution in [-0.4, -0.2) is 10.9 Å². The van der Waals surface area contributed by atoms with Crippen LogP contribution >= 0.6 is 0 Å². The van der Waals surface area contributed by atoms with Gasteiger partial charge in [-0.1, -0.05) is 6.07 Å². The fourth-order valence-electron chi connectivity index (χ4n) is 3.41. The topological polar surface area (TPSA) is 116 Å². The third-order valence-corrected chi connectivity index (χ3v) is 5.08. The van der Waals surface area contributed by atoms with Crippen molar-refractivity contribution in [1.29, 1.82) is 10.5 Å². The molecule has 1 fully saturated rings. The lowest BCUT2D eigenvalue weighted by molar-refractivity contribution is -0.117. The lowest BCUT2D eigenvalue weighted by Gasteiger charge is -2.11. The number of amides is 1. The van der Waals surface area contributed by atoms with Crippen molar-refractivity contribution >= 4 is 28.2 Å². The minimum atomic E-state index is -0.250. The number of fused-ring (bicyclic) bond motifs is 1. The average molecular weight is 367 g/mol. The second-order valence-corrected chi connectivity index (χ2v) is 7.06. The van der Waals surface area contributed by atoms with Gasteiger partial charge in [0.05, 0.1) is 29.5 Å². The number of nitriles is 2. The maximum absolute atomic E-state index is 12.2. The van der Waals surface area contributed by atoms with E-state index in [4.69, 9.17) is 16.3 Å². The summed E-state index contributed by atoms with van der Waals surface area (Å²) in [7, 11) is 0. The minimum absolute atomic E-state index is 0.175. The molecule has 0 unspecified atom stereocenters. The standard InChI is InChI=1S/C22H17N5O/c1-12-4-13(9-23)2-3-17(12)14-5-15-8-21(26-11-19(15)20(25)7-14)27-22(28)18-6-16(18)10-24/h2-5,7-8,11,16,18H,6,25H2,1H3,(H,26,27,28)/t16-,18+/m1/s1. The van der Waals surface area contributed by atoms with Crippen molar-refractivity contribution in [3.8, 4) is 23.3 Å². The zero-order valence-corrected chi connectivity index (χ0v) is 15.2. The van der Waals surface area contributed by atoms with E-state index < -0.39 is 0 Å². The number of hydrogen-bond acceptors (Lipinski definition) is 5. The van der Waals surface area contributed by atoms with Gasteiger partial charge in [0.25, 0.3) is 0 Å². The van der Waals surface area contributed by atoms with Crippen LogP contribution in [0.15, 0.2) is 42.6 Å². The van der Waals surface area contributed by atoms with Crippen molar-refractivity contribution in [3.05, 3.63) is 53.7 Å². The maximum atomic E-state index is 12.2. The molecular formula is C22H17N5O. The van der Waals surface area contributed by atoms with Gasteiger partial charge in [-0.25, -0.2) is 4.98 Å². The monoisotopic (exact) mass is 367 g/mol. The molecule has 1 heterocycles. The highest BCUT2D eigenvalue weighted by molar-refractivity contribution is 6.00. The van der Waals surface area contributed by atoms with Gasteiger partial charge in [-0.15, -0.1) is 0 Å². The number of nitrogens with zero attached hydrogens (tertiary/aromatic N) is 3. The van der Waals surface area contributed by atoms with Gasteiger partial charge < -0.3 is 11.1 Å². The SMILES string of the molecule is Cc1cc(C#N)ccc1-c1cc(N)c2cnc(NC(=O)[C@H]3C[C@@H]3C#N)cc2c1. The molecule has 2 atom stereocenters. The summed E-state index contributed by atoms with van der Waals surface area (Å²) >= 11 is 0. The van der Waals surface area contributed by atoms with E-state index in [-0.39, 0.29) is 17.7 Å². The molecule has 4 rings (SSSR count). The van der Waals surface area contributed by atoms with Crippen molar-refractivity contribution in [2.24, 2.45) is 11.8 Å². The van der Waals surface area contributed by atoms with Crippen LogP contribution in [0.5, 0.6) is 0 Å². The van der Waals surface area contributed by atoms with Crippen LogP contribution in [0, 0.1) is 41.4 Å². The summed E-state index contributed by atoms with van der Waals surface area (Å²) in [5, 5.41) is 22.4. The fourth-order valence-corrected chi connectivity index (χ4v) is 3.41. The zero-order valence-electron chi connectivity index (χ0n) is 15.2. The summed E-state index contributed by atoms with van der Waals surface area (Å²) in [6.07, 6.45) is 2.25. The van der Waals surface area contributed by atoms with Crippen molar-refractivity contribution in [2.45, 2.75) is 13.3 Å². The molecule has 1 aliphatic carbocycles. The number of aromatic nitrogens is 1. The molecule has 0 spiro atoms. The third kappa shape index (κ3) is 3.13. The normalized spacial score (nSPS) is 17.5. The molecule has 1 amide bonds. The summed E-state index contributed by atoms with van der Waals surface area (Å²) in [4.78, 5) is 16.5. The van der Waals surface area contributed by atoms with E-state index in [1.165, 1.54) is 0 Å². The van der Waals surface area contributed by atoms with E-state index in [2.05, 4.69) is 22.4 Å². The van der Waals surface area contributed by atoms with Crippen molar-refractivity contribution in [3.63, 3.8) is 0 Å². The molecule has 3 aromatic rings. The van der Waals surface area contributed by atoms with Gasteiger partial charge in [-0.3, -0.25) is 4.79 Å². The van der Waals surface area contributed by atoms with Crippen LogP contribution in [-0.2, 0) is 4.79 Å². The summed E-state index contributed by atoms with van der Waals surface area (Å²) in [6.45, 7) is 1.95. The quantitative estimate of drug-likeness (QED) is 0.684. The van der Waals surface area contributed by atoms with Gasteiger partial charge in [0.2, 0.25) is 5.91 Å². The average Bonchev–Trinajstić information content (AvgIpc) is 3.47. The van der Waals surface area contributed by atoms with Crippen molar-refractivity contribution in [1.82, 2.24) is 4.98 Å². The van der Waals surface area contributed by atoms with Crippen LogP contribution in [0.1, 0.15) is 17.5 Å². The Morgan fingerprint density at radius 1 is 1.25 bits per heavy atom. The molecule has 6 nitrogen and oxygen atoms in total. The fraction of sp³-hybridized carbons (Fsp3) is 0.182. The molecule has 1 aliphatic rings. The minimum Gasteiger partial charge on any atom is -0.398 e. The highest BCUT2D eigenvalue weighted by Crippen LogP contribution is 2.38. The van der Waals surface area contributed by atoms with E-state index in [0.717, 1.165) is 27.5 Å². The Balaban J connectivity index is 1.70. The van der Waals surface area contributed by atoms with Gasteiger partial charge in [0.1, 0.15) is 5.82 Å². The Morgan fingerprint density at radius 3 is 2.75 bits per heavy atom. The third-order valence-electron chi connectivity index (χ3n) is 5.08. The highest BCUT2D eigenvalue weighted by atomic mass is 16.2. The zero-order chi connectivity index (χ0) is 19.8. The van der Waals surface area contributed by atoms with E-state index in [9.17, 15) is 4.79 Å². The number of aryl methyl sites for hydroxylation is 1. The lowest BCUT2D eigenvalue weighted by atomic mass is 9.96. The van der Waals surface area contributed by atoms with Crippen LogP contribution in [0.3, 0.4) is 0 Å². The van der Waals surface area contributed by atoms with Gasteiger partial charge in [0.15, 0.2) is 0 Å². The number of nitrogen functional groups attached to an aromatic ring is 1. The predicted octanol–water partition coefficient (Wildman–Crippen LogP) is 3.76. The Hall–Kier alpha value is -3.90. The summed E-state index contributed by atoms with van der Waals surface area (Å²) in [5.41, 5.74) is 10.3. The van der Waals surface area contributed by atoms with E-state index >= 15 is 0 Å². The molecule has 3 N–H and O–H groups in total. The van der Waals surface area contributed by atoms with Crippen LogP contribution in [0.2, 0.25) is 0 Å². The lowest BCUT2D eigenvalue weighted by Crippen LogP contribution is -2.15.